The SMILES string of the molecule is CC1(C)OCC2(CO1)CN(C(=O)NCc1cccc3ccccc13)C2. The number of hydrogen-bond donors (Lipinski definition) is 1. The number of ether oxygens (including phenoxy) is 2. The summed E-state index contributed by atoms with van der Waals surface area (Å²) in [6.45, 7) is 7.04. The van der Waals surface area contributed by atoms with Gasteiger partial charge in [-0.25, -0.2) is 4.79 Å². The Balaban J connectivity index is 1.33. The summed E-state index contributed by atoms with van der Waals surface area (Å²) >= 11 is 0. The quantitative estimate of drug-likeness (QED) is 0.914. The minimum atomic E-state index is -0.512. The van der Waals surface area contributed by atoms with Gasteiger partial charge in [0.1, 0.15) is 0 Å². The summed E-state index contributed by atoms with van der Waals surface area (Å²) in [5.41, 5.74) is 1.10. The molecule has 2 aromatic rings. The minimum absolute atomic E-state index is 0.0246. The Morgan fingerprint density at radius 1 is 1.08 bits per heavy atom. The number of amides is 2. The molecule has 4 rings (SSSR count). The molecule has 2 heterocycles. The number of hydrogen-bond acceptors (Lipinski definition) is 3. The van der Waals surface area contributed by atoms with Crippen molar-refractivity contribution in [2.24, 2.45) is 5.41 Å². The lowest BCUT2D eigenvalue weighted by molar-refractivity contribution is -0.301. The van der Waals surface area contributed by atoms with E-state index >= 15 is 0 Å². The first kappa shape index (κ1) is 16.4. The molecular weight excluding hydrogens is 316 g/mol. The molecule has 0 saturated carbocycles. The lowest BCUT2D eigenvalue weighted by atomic mass is 9.81. The van der Waals surface area contributed by atoms with E-state index in [2.05, 4.69) is 29.6 Å². The first-order chi connectivity index (χ1) is 12.0. The van der Waals surface area contributed by atoms with E-state index in [0.29, 0.717) is 32.8 Å². The van der Waals surface area contributed by atoms with E-state index in [4.69, 9.17) is 9.47 Å². The Labute approximate surface area is 147 Å². The maximum atomic E-state index is 12.4. The summed E-state index contributed by atoms with van der Waals surface area (Å²) in [6, 6.07) is 14.4. The van der Waals surface area contributed by atoms with Crippen molar-refractivity contribution in [3.63, 3.8) is 0 Å². The number of urea groups is 1. The van der Waals surface area contributed by atoms with Gasteiger partial charge in [-0.15, -0.1) is 0 Å². The van der Waals surface area contributed by atoms with Gasteiger partial charge in [-0.2, -0.15) is 0 Å². The summed E-state index contributed by atoms with van der Waals surface area (Å²) in [6.07, 6.45) is 0. The molecule has 0 bridgehead atoms. The van der Waals surface area contributed by atoms with Crippen LogP contribution in [0.2, 0.25) is 0 Å². The predicted molar refractivity (Wildman–Crippen MR) is 96.2 cm³/mol. The van der Waals surface area contributed by atoms with Crippen LogP contribution < -0.4 is 5.32 Å². The third kappa shape index (κ3) is 3.22. The molecule has 2 saturated heterocycles. The Morgan fingerprint density at radius 2 is 1.76 bits per heavy atom. The zero-order valence-electron chi connectivity index (χ0n) is 14.7. The molecule has 2 amide bonds. The van der Waals surface area contributed by atoms with Crippen LogP contribution in [0.4, 0.5) is 4.79 Å². The topological polar surface area (TPSA) is 50.8 Å². The number of benzene rings is 2. The number of fused-ring (bicyclic) bond motifs is 1. The molecular formula is C20H24N2O3. The van der Waals surface area contributed by atoms with Crippen LogP contribution in [0, 0.1) is 5.41 Å². The van der Waals surface area contributed by atoms with Crippen molar-refractivity contribution in [2.75, 3.05) is 26.3 Å². The smallest absolute Gasteiger partial charge is 0.317 e. The van der Waals surface area contributed by atoms with Crippen LogP contribution in [0.3, 0.4) is 0 Å². The van der Waals surface area contributed by atoms with Crippen molar-refractivity contribution in [2.45, 2.75) is 26.2 Å². The van der Waals surface area contributed by atoms with Crippen LogP contribution in [-0.4, -0.2) is 43.0 Å². The standard InChI is InChI=1S/C20H24N2O3/c1-19(2)24-13-20(14-25-19)11-22(12-20)18(23)21-10-16-8-5-7-15-6-3-4-9-17(15)16/h3-9H,10-14H2,1-2H3,(H,21,23). The van der Waals surface area contributed by atoms with Crippen LogP contribution in [0.5, 0.6) is 0 Å². The molecule has 0 aliphatic carbocycles. The van der Waals surface area contributed by atoms with Gasteiger partial charge in [0.05, 0.1) is 18.6 Å². The van der Waals surface area contributed by atoms with Crippen molar-refractivity contribution in [1.29, 1.82) is 0 Å². The molecule has 132 valence electrons. The van der Waals surface area contributed by atoms with Crippen LogP contribution >= 0.6 is 0 Å². The van der Waals surface area contributed by atoms with E-state index in [0.717, 1.165) is 5.56 Å². The predicted octanol–water partition coefficient (Wildman–Crippen LogP) is 3.13. The second kappa shape index (κ2) is 6.00. The number of nitrogens with one attached hydrogen (secondary N) is 1. The molecule has 5 nitrogen and oxygen atoms in total. The maximum Gasteiger partial charge on any atom is 0.317 e. The normalized spacial score (nSPS) is 21.1. The molecule has 0 unspecified atom stereocenters. The highest BCUT2D eigenvalue weighted by Crippen LogP contribution is 2.37. The Morgan fingerprint density at radius 3 is 2.52 bits per heavy atom. The average molecular weight is 340 g/mol. The second-order valence-corrected chi connectivity index (χ2v) is 7.63. The van der Waals surface area contributed by atoms with E-state index in [1.165, 1.54) is 10.8 Å². The van der Waals surface area contributed by atoms with Crippen LogP contribution in [0.1, 0.15) is 19.4 Å². The summed E-state index contributed by atoms with van der Waals surface area (Å²) in [5, 5.41) is 5.41. The van der Waals surface area contributed by atoms with Gasteiger partial charge >= 0.3 is 6.03 Å². The van der Waals surface area contributed by atoms with Gasteiger partial charge in [0.15, 0.2) is 5.79 Å². The minimum Gasteiger partial charge on any atom is -0.350 e. The first-order valence-electron chi connectivity index (χ1n) is 8.74. The Bertz CT molecular complexity index is 779. The molecule has 0 atom stereocenters. The second-order valence-electron chi connectivity index (χ2n) is 7.63. The lowest BCUT2D eigenvalue weighted by Crippen LogP contribution is -2.67. The maximum absolute atomic E-state index is 12.4. The molecule has 0 aromatic heterocycles. The van der Waals surface area contributed by atoms with Gasteiger partial charge in [-0.3, -0.25) is 0 Å². The van der Waals surface area contributed by atoms with Crippen LogP contribution in [-0.2, 0) is 16.0 Å². The third-order valence-corrected chi connectivity index (χ3v) is 5.10. The molecule has 2 aliphatic heterocycles. The molecule has 2 aliphatic rings. The average Bonchev–Trinajstić information content (AvgIpc) is 2.58. The largest absolute Gasteiger partial charge is 0.350 e. The van der Waals surface area contributed by atoms with Crippen LogP contribution in [0.25, 0.3) is 10.8 Å². The monoisotopic (exact) mass is 340 g/mol. The fourth-order valence-corrected chi connectivity index (χ4v) is 3.56. The van der Waals surface area contributed by atoms with Crippen molar-refractivity contribution in [3.8, 4) is 0 Å². The van der Waals surface area contributed by atoms with E-state index in [-0.39, 0.29) is 11.4 Å². The molecule has 1 N–H and O–H groups in total. The molecule has 25 heavy (non-hydrogen) atoms. The summed E-state index contributed by atoms with van der Waals surface area (Å²) in [5.74, 6) is -0.512. The fourth-order valence-electron chi connectivity index (χ4n) is 3.56. The lowest BCUT2D eigenvalue weighted by Gasteiger charge is -2.53. The van der Waals surface area contributed by atoms with Gasteiger partial charge < -0.3 is 19.7 Å². The van der Waals surface area contributed by atoms with Crippen molar-refractivity contribution in [1.82, 2.24) is 10.2 Å². The fraction of sp³-hybridized carbons (Fsp3) is 0.450. The Kier molecular flexibility index (Phi) is 3.93. The molecule has 0 radical (unpaired) electrons. The van der Waals surface area contributed by atoms with Crippen LogP contribution in [0.15, 0.2) is 42.5 Å². The summed E-state index contributed by atoms with van der Waals surface area (Å²) < 4.78 is 11.5. The number of likely N-dealkylation sites (tertiary alicyclic amines) is 1. The highest BCUT2D eigenvalue weighted by Gasteiger charge is 2.50. The van der Waals surface area contributed by atoms with Crippen molar-refractivity contribution >= 4 is 16.8 Å². The molecule has 1 spiro atoms. The highest BCUT2D eigenvalue weighted by molar-refractivity contribution is 5.86. The van der Waals surface area contributed by atoms with Gasteiger partial charge in [0, 0.05) is 19.6 Å². The molecule has 2 fully saturated rings. The molecule has 5 heteroatoms. The van der Waals surface area contributed by atoms with Gasteiger partial charge in [0.25, 0.3) is 0 Å². The molecule has 2 aromatic carbocycles. The number of carbonyl (C=O) groups excluding carboxylic acids is 1. The van der Waals surface area contributed by atoms with E-state index in [1.807, 2.05) is 36.9 Å². The zero-order chi connectivity index (χ0) is 17.5. The van der Waals surface area contributed by atoms with Crippen molar-refractivity contribution in [3.05, 3.63) is 48.0 Å². The summed E-state index contributed by atoms with van der Waals surface area (Å²) in [4.78, 5) is 14.3. The zero-order valence-corrected chi connectivity index (χ0v) is 14.7. The number of rotatable bonds is 2. The van der Waals surface area contributed by atoms with Gasteiger partial charge in [0.2, 0.25) is 0 Å². The van der Waals surface area contributed by atoms with Crippen molar-refractivity contribution < 1.29 is 14.3 Å². The van der Waals surface area contributed by atoms with E-state index in [1.54, 1.807) is 0 Å². The number of nitrogens with zero attached hydrogens (tertiary/aromatic N) is 1. The van der Waals surface area contributed by atoms with Gasteiger partial charge in [-0.05, 0) is 30.2 Å². The first-order valence-corrected chi connectivity index (χ1v) is 8.74. The third-order valence-electron chi connectivity index (χ3n) is 5.10. The number of carbonyl (C=O) groups is 1. The Hall–Kier alpha value is -2.11. The van der Waals surface area contributed by atoms with Gasteiger partial charge in [-0.1, -0.05) is 42.5 Å². The van der Waals surface area contributed by atoms with E-state index in [9.17, 15) is 4.79 Å². The van der Waals surface area contributed by atoms with E-state index < -0.39 is 5.79 Å². The highest BCUT2D eigenvalue weighted by atomic mass is 16.7. The summed E-state index contributed by atoms with van der Waals surface area (Å²) in [7, 11) is 0.